The molecule has 1 aliphatic rings. The van der Waals surface area contributed by atoms with Gasteiger partial charge in [-0.05, 0) is 43.4 Å². The van der Waals surface area contributed by atoms with E-state index in [2.05, 4.69) is 36.7 Å². The number of hydrogen-bond donors (Lipinski definition) is 0. The lowest BCUT2D eigenvalue weighted by atomic mass is 9.75. The summed E-state index contributed by atoms with van der Waals surface area (Å²) in [5, 5.41) is 0. The number of hydrogen-bond acceptors (Lipinski definition) is 0. The lowest BCUT2D eigenvalue weighted by Crippen LogP contribution is -2.25. The maximum absolute atomic E-state index is 3.85. The quantitative estimate of drug-likeness (QED) is 0.638. The molecule has 1 rings (SSSR count). The summed E-state index contributed by atoms with van der Waals surface area (Å²) < 4.78 is 0. The van der Waals surface area contributed by atoms with Gasteiger partial charge in [-0.15, -0.1) is 0 Å². The van der Waals surface area contributed by atoms with Crippen molar-refractivity contribution in [3.05, 3.63) is 0 Å². The van der Waals surface area contributed by atoms with Crippen LogP contribution >= 0.6 is 15.9 Å². The first-order valence-electron chi connectivity index (χ1n) is 5.77. The number of halogens is 1. The predicted molar refractivity (Wildman–Crippen MR) is 63.3 cm³/mol. The van der Waals surface area contributed by atoms with Gasteiger partial charge in [-0.2, -0.15) is 0 Å². The summed E-state index contributed by atoms with van der Waals surface area (Å²) in [4.78, 5) is 0.780. The van der Waals surface area contributed by atoms with Crippen LogP contribution in [0.5, 0.6) is 0 Å². The standard InChI is InChI=1S/C12H23Br/c1-4-5-12(13)11-7-9(2)6-10(3)8-11/h9-12H,4-8H2,1-3H3. The third-order valence-corrected chi connectivity index (χ3v) is 4.50. The Labute approximate surface area is 91.6 Å². The largest absolute Gasteiger partial charge is 0.0888 e. The summed E-state index contributed by atoms with van der Waals surface area (Å²) in [5.41, 5.74) is 0. The van der Waals surface area contributed by atoms with Gasteiger partial charge in [-0.25, -0.2) is 0 Å². The van der Waals surface area contributed by atoms with Gasteiger partial charge < -0.3 is 0 Å². The molecule has 13 heavy (non-hydrogen) atoms. The van der Waals surface area contributed by atoms with Crippen molar-refractivity contribution in [3.8, 4) is 0 Å². The van der Waals surface area contributed by atoms with Crippen LogP contribution in [0.4, 0.5) is 0 Å². The minimum Gasteiger partial charge on any atom is -0.0888 e. The molecule has 1 heteroatoms. The fourth-order valence-corrected chi connectivity index (χ4v) is 3.71. The van der Waals surface area contributed by atoms with E-state index < -0.39 is 0 Å². The lowest BCUT2D eigenvalue weighted by molar-refractivity contribution is 0.213. The number of rotatable bonds is 3. The zero-order valence-electron chi connectivity index (χ0n) is 9.22. The van der Waals surface area contributed by atoms with Gasteiger partial charge in [-0.1, -0.05) is 43.1 Å². The highest BCUT2D eigenvalue weighted by Crippen LogP contribution is 2.38. The van der Waals surface area contributed by atoms with Crippen LogP contribution in [0.1, 0.15) is 52.9 Å². The van der Waals surface area contributed by atoms with E-state index in [1.54, 1.807) is 0 Å². The Morgan fingerprint density at radius 3 is 2.15 bits per heavy atom. The molecule has 3 unspecified atom stereocenters. The predicted octanol–water partition coefficient (Wildman–Crippen LogP) is 4.62. The van der Waals surface area contributed by atoms with Gasteiger partial charge in [0, 0.05) is 4.83 Å². The maximum atomic E-state index is 3.85. The topological polar surface area (TPSA) is 0 Å². The van der Waals surface area contributed by atoms with Crippen molar-refractivity contribution >= 4 is 15.9 Å². The molecule has 0 N–H and O–H groups in total. The zero-order chi connectivity index (χ0) is 9.84. The van der Waals surface area contributed by atoms with E-state index >= 15 is 0 Å². The molecule has 1 fully saturated rings. The summed E-state index contributed by atoms with van der Waals surface area (Å²) in [5.74, 6) is 2.84. The molecule has 0 heterocycles. The second-order valence-electron chi connectivity index (χ2n) is 4.98. The molecule has 3 atom stereocenters. The molecule has 0 radical (unpaired) electrons. The van der Waals surface area contributed by atoms with E-state index in [-0.39, 0.29) is 0 Å². The summed E-state index contributed by atoms with van der Waals surface area (Å²) in [6.45, 7) is 7.10. The highest BCUT2D eigenvalue weighted by Gasteiger charge is 2.27. The van der Waals surface area contributed by atoms with Crippen LogP contribution in [0, 0.1) is 17.8 Å². The average Bonchev–Trinajstić information content (AvgIpc) is 2.03. The summed E-state index contributed by atoms with van der Waals surface area (Å²) in [7, 11) is 0. The third-order valence-electron chi connectivity index (χ3n) is 3.29. The first-order valence-corrected chi connectivity index (χ1v) is 6.69. The van der Waals surface area contributed by atoms with Crippen molar-refractivity contribution in [1.82, 2.24) is 0 Å². The monoisotopic (exact) mass is 246 g/mol. The Hall–Kier alpha value is 0.480. The molecule has 1 aliphatic carbocycles. The highest BCUT2D eigenvalue weighted by atomic mass is 79.9. The molecule has 0 aromatic carbocycles. The normalized spacial score (nSPS) is 37.4. The molecule has 0 spiro atoms. The molecule has 0 saturated heterocycles. The average molecular weight is 247 g/mol. The molecule has 78 valence electrons. The molecule has 0 aromatic heterocycles. The lowest BCUT2D eigenvalue weighted by Gasteiger charge is -2.34. The molecule has 0 aromatic rings. The van der Waals surface area contributed by atoms with E-state index in [9.17, 15) is 0 Å². The molecule has 0 nitrogen and oxygen atoms in total. The SMILES string of the molecule is CCCC(Br)C1CC(C)CC(C)C1. The molecule has 0 aliphatic heterocycles. The van der Waals surface area contributed by atoms with Gasteiger partial charge in [-0.3, -0.25) is 0 Å². The fraction of sp³-hybridized carbons (Fsp3) is 1.00. The first-order chi connectivity index (χ1) is 6.13. The van der Waals surface area contributed by atoms with Crippen LogP contribution in [-0.4, -0.2) is 4.83 Å². The first kappa shape index (κ1) is 11.6. The van der Waals surface area contributed by atoms with Crippen LogP contribution in [0.3, 0.4) is 0 Å². The number of alkyl halides is 1. The second kappa shape index (κ2) is 5.38. The third kappa shape index (κ3) is 3.61. The van der Waals surface area contributed by atoms with Crippen LogP contribution < -0.4 is 0 Å². The molecule has 0 bridgehead atoms. The van der Waals surface area contributed by atoms with Crippen LogP contribution in [0.25, 0.3) is 0 Å². The Morgan fingerprint density at radius 2 is 1.69 bits per heavy atom. The Kier molecular flexibility index (Phi) is 4.78. The molecule has 0 amide bonds. The smallest absolute Gasteiger partial charge is 0.0174 e. The summed E-state index contributed by atoms with van der Waals surface area (Å²) >= 11 is 3.85. The van der Waals surface area contributed by atoms with Crippen LogP contribution in [0.15, 0.2) is 0 Å². The summed E-state index contributed by atoms with van der Waals surface area (Å²) in [6.07, 6.45) is 7.00. The second-order valence-corrected chi connectivity index (χ2v) is 6.16. The molecular formula is C12H23Br. The van der Waals surface area contributed by atoms with E-state index in [4.69, 9.17) is 0 Å². The van der Waals surface area contributed by atoms with E-state index in [0.717, 1.165) is 22.6 Å². The maximum Gasteiger partial charge on any atom is 0.0174 e. The molecule has 1 saturated carbocycles. The van der Waals surface area contributed by atoms with E-state index in [1.165, 1.54) is 32.1 Å². The minimum absolute atomic E-state index is 0.780. The fourth-order valence-electron chi connectivity index (χ4n) is 2.82. The molecular weight excluding hydrogens is 224 g/mol. The van der Waals surface area contributed by atoms with Crippen molar-refractivity contribution in [2.24, 2.45) is 17.8 Å². The highest BCUT2D eigenvalue weighted by molar-refractivity contribution is 9.09. The van der Waals surface area contributed by atoms with E-state index in [1.807, 2.05) is 0 Å². The van der Waals surface area contributed by atoms with Gasteiger partial charge in [0.1, 0.15) is 0 Å². The van der Waals surface area contributed by atoms with Gasteiger partial charge in [0.25, 0.3) is 0 Å². The van der Waals surface area contributed by atoms with Crippen molar-refractivity contribution in [2.75, 3.05) is 0 Å². The summed E-state index contributed by atoms with van der Waals surface area (Å²) in [6, 6.07) is 0. The Bertz CT molecular complexity index is 134. The van der Waals surface area contributed by atoms with Gasteiger partial charge in [0.05, 0.1) is 0 Å². The van der Waals surface area contributed by atoms with E-state index in [0.29, 0.717) is 0 Å². The van der Waals surface area contributed by atoms with Crippen molar-refractivity contribution in [3.63, 3.8) is 0 Å². The van der Waals surface area contributed by atoms with Gasteiger partial charge in [0.2, 0.25) is 0 Å². The van der Waals surface area contributed by atoms with Gasteiger partial charge >= 0.3 is 0 Å². The van der Waals surface area contributed by atoms with Crippen LogP contribution in [0.2, 0.25) is 0 Å². The van der Waals surface area contributed by atoms with Crippen molar-refractivity contribution in [2.45, 2.75) is 57.7 Å². The Morgan fingerprint density at radius 1 is 1.15 bits per heavy atom. The van der Waals surface area contributed by atoms with Crippen molar-refractivity contribution < 1.29 is 0 Å². The minimum atomic E-state index is 0.780. The van der Waals surface area contributed by atoms with Crippen molar-refractivity contribution in [1.29, 1.82) is 0 Å². The van der Waals surface area contributed by atoms with Crippen LogP contribution in [-0.2, 0) is 0 Å². The van der Waals surface area contributed by atoms with Gasteiger partial charge in [0.15, 0.2) is 0 Å². The zero-order valence-corrected chi connectivity index (χ0v) is 10.8. The Balaban J connectivity index is 2.40.